The van der Waals surface area contributed by atoms with Crippen LogP contribution in [0.5, 0.6) is 0 Å². The number of carbonyl (C=O) groups is 2. The number of anilines is 1. The zero-order chi connectivity index (χ0) is 13.5. The van der Waals surface area contributed by atoms with Crippen LogP contribution in [0, 0.1) is 5.41 Å². The highest BCUT2D eigenvalue weighted by Gasteiger charge is 2.10. The minimum Gasteiger partial charge on any atom is -0.481 e. The van der Waals surface area contributed by atoms with Crippen molar-refractivity contribution < 1.29 is 14.7 Å². The van der Waals surface area contributed by atoms with Crippen molar-refractivity contribution in [3.8, 4) is 0 Å². The van der Waals surface area contributed by atoms with Crippen LogP contribution < -0.4 is 11.1 Å². The Bertz CT molecular complexity index is 460. The molecule has 1 unspecified atom stereocenters. The number of aldehydes is 1. The fraction of sp³-hybridized carbons (Fsp3) is 0.250. The van der Waals surface area contributed by atoms with E-state index in [-0.39, 0.29) is 18.7 Å². The number of aliphatic carboxylic acids is 1. The molecule has 0 saturated heterocycles. The monoisotopic (exact) mass is 249 g/mol. The summed E-state index contributed by atoms with van der Waals surface area (Å²) in [6.45, 7) is 0. The SMILES string of the molecule is N=C(N)c1cccc(NC(C=O)CCC(=O)O)c1. The number of nitrogens with two attached hydrogens (primary N) is 1. The van der Waals surface area contributed by atoms with Gasteiger partial charge in [-0.2, -0.15) is 0 Å². The number of benzene rings is 1. The van der Waals surface area contributed by atoms with Crippen LogP contribution in [0.2, 0.25) is 0 Å². The summed E-state index contributed by atoms with van der Waals surface area (Å²) < 4.78 is 0. The Morgan fingerprint density at radius 2 is 2.28 bits per heavy atom. The second-order valence-corrected chi connectivity index (χ2v) is 3.81. The van der Waals surface area contributed by atoms with Gasteiger partial charge in [0, 0.05) is 17.7 Å². The highest BCUT2D eigenvalue weighted by molar-refractivity contribution is 5.95. The second kappa shape index (κ2) is 6.39. The van der Waals surface area contributed by atoms with Gasteiger partial charge in [0.1, 0.15) is 12.1 Å². The van der Waals surface area contributed by atoms with Crippen molar-refractivity contribution >= 4 is 23.8 Å². The van der Waals surface area contributed by atoms with Gasteiger partial charge in [0.25, 0.3) is 0 Å². The first kappa shape index (κ1) is 13.7. The van der Waals surface area contributed by atoms with Crippen molar-refractivity contribution in [1.29, 1.82) is 5.41 Å². The topological polar surface area (TPSA) is 116 Å². The van der Waals surface area contributed by atoms with Crippen molar-refractivity contribution in [3.05, 3.63) is 29.8 Å². The average Bonchev–Trinajstić information content (AvgIpc) is 2.34. The van der Waals surface area contributed by atoms with Crippen molar-refractivity contribution in [2.24, 2.45) is 5.73 Å². The van der Waals surface area contributed by atoms with Crippen LogP contribution in [0.4, 0.5) is 5.69 Å². The fourth-order valence-corrected chi connectivity index (χ4v) is 1.44. The Hall–Kier alpha value is -2.37. The van der Waals surface area contributed by atoms with Crippen LogP contribution in [0.3, 0.4) is 0 Å². The molecule has 1 atom stereocenters. The second-order valence-electron chi connectivity index (χ2n) is 3.81. The van der Waals surface area contributed by atoms with Gasteiger partial charge >= 0.3 is 5.97 Å². The highest BCUT2D eigenvalue weighted by Crippen LogP contribution is 2.12. The summed E-state index contributed by atoms with van der Waals surface area (Å²) in [5, 5.41) is 18.7. The molecule has 5 N–H and O–H groups in total. The molecule has 0 fully saturated rings. The first-order valence-corrected chi connectivity index (χ1v) is 5.41. The van der Waals surface area contributed by atoms with Crippen LogP contribution in [0.25, 0.3) is 0 Å². The summed E-state index contributed by atoms with van der Waals surface area (Å²) in [5.41, 5.74) is 6.53. The number of hydrogen-bond donors (Lipinski definition) is 4. The Morgan fingerprint density at radius 1 is 1.56 bits per heavy atom. The zero-order valence-electron chi connectivity index (χ0n) is 9.72. The van der Waals surface area contributed by atoms with Gasteiger partial charge in [-0.15, -0.1) is 0 Å². The molecule has 0 aliphatic heterocycles. The number of hydrogen-bond acceptors (Lipinski definition) is 4. The summed E-state index contributed by atoms with van der Waals surface area (Å²) in [6, 6.07) is 6.19. The largest absolute Gasteiger partial charge is 0.481 e. The van der Waals surface area contributed by atoms with Gasteiger partial charge in [-0.3, -0.25) is 10.2 Å². The molecule has 0 saturated carbocycles. The first-order chi connectivity index (χ1) is 8.52. The molecule has 0 aromatic heterocycles. The van der Waals surface area contributed by atoms with Crippen LogP contribution in [0.15, 0.2) is 24.3 Å². The van der Waals surface area contributed by atoms with Crippen molar-refractivity contribution in [1.82, 2.24) is 0 Å². The molecule has 96 valence electrons. The number of nitrogen functional groups attached to an aromatic ring is 1. The molecule has 0 amide bonds. The lowest BCUT2D eigenvalue weighted by Gasteiger charge is -2.13. The number of nitrogens with one attached hydrogen (secondary N) is 2. The van der Waals surface area contributed by atoms with Gasteiger partial charge in [0.05, 0.1) is 6.04 Å². The molecule has 1 aromatic rings. The third-order valence-electron chi connectivity index (χ3n) is 2.36. The van der Waals surface area contributed by atoms with E-state index in [4.69, 9.17) is 16.2 Å². The number of rotatable bonds is 7. The van der Waals surface area contributed by atoms with E-state index in [1.54, 1.807) is 24.3 Å². The Balaban J connectivity index is 2.69. The third kappa shape index (κ3) is 4.25. The zero-order valence-corrected chi connectivity index (χ0v) is 9.72. The smallest absolute Gasteiger partial charge is 0.303 e. The number of carbonyl (C=O) groups excluding carboxylic acids is 1. The van der Waals surface area contributed by atoms with Gasteiger partial charge in [-0.05, 0) is 18.6 Å². The van der Waals surface area contributed by atoms with E-state index in [1.807, 2.05) is 0 Å². The maximum absolute atomic E-state index is 10.8. The summed E-state index contributed by atoms with van der Waals surface area (Å²) >= 11 is 0. The molecular weight excluding hydrogens is 234 g/mol. The van der Waals surface area contributed by atoms with Crippen LogP contribution in [-0.4, -0.2) is 29.2 Å². The fourth-order valence-electron chi connectivity index (χ4n) is 1.44. The van der Waals surface area contributed by atoms with Gasteiger partial charge < -0.3 is 21.0 Å². The average molecular weight is 249 g/mol. The van der Waals surface area contributed by atoms with E-state index in [1.165, 1.54) is 0 Å². The molecule has 6 nitrogen and oxygen atoms in total. The Kier molecular flexibility index (Phi) is 4.86. The van der Waals surface area contributed by atoms with Crippen LogP contribution in [0.1, 0.15) is 18.4 Å². The molecule has 0 radical (unpaired) electrons. The van der Waals surface area contributed by atoms with Crippen LogP contribution in [-0.2, 0) is 9.59 Å². The molecule has 6 heteroatoms. The molecule has 0 aliphatic rings. The minimum atomic E-state index is -0.943. The van der Waals surface area contributed by atoms with E-state index >= 15 is 0 Å². The maximum Gasteiger partial charge on any atom is 0.303 e. The minimum absolute atomic E-state index is 0.0631. The van der Waals surface area contributed by atoms with Crippen molar-refractivity contribution in [2.45, 2.75) is 18.9 Å². The lowest BCUT2D eigenvalue weighted by atomic mass is 10.1. The number of amidine groups is 1. The van der Waals surface area contributed by atoms with E-state index in [0.29, 0.717) is 17.5 Å². The highest BCUT2D eigenvalue weighted by atomic mass is 16.4. The van der Waals surface area contributed by atoms with Crippen molar-refractivity contribution in [2.75, 3.05) is 5.32 Å². The number of carboxylic acids is 1. The summed E-state index contributed by atoms with van der Waals surface area (Å²) in [4.78, 5) is 21.2. The summed E-state index contributed by atoms with van der Waals surface area (Å²) in [5.74, 6) is -1.01. The molecule has 0 spiro atoms. The van der Waals surface area contributed by atoms with E-state index in [0.717, 1.165) is 0 Å². The standard InChI is InChI=1S/C12H15N3O3/c13-12(14)8-2-1-3-9(6-8)15-10(7-16)4-5-11(17)18/h1-3,6-7,10,15H,4-5H2,(H3,13,14)(H,17,18). The quantitative estimate of drug-likeness (QED) is 0.324. The van der Waals surface area contributed by atoms with Crippen molar-refractivity contribution in [3.63, 3.8) is 0 Å². The molecule has 0 heterocycles. The van der Waals surface area contributed by atoms with Crippen LogP contribution >= 0.6 is 0 Å². The van der Waals surface area contributed by atoms with Gasteiger partial charge in [0.2, 0.25) is 0 Å². The van der Waals surface area contributed by atoms with E-state index in [2.05, 4.69) is 5.32 Å². The molecule has 1 aromatic carbocycles. The summed E-state index contributed by atoms with van der Waals surface area (Å²) in [7, 11) is 0. The van der Waals surface area contributed by atoms with Gasteiger partial charge in [-0.1, -0.05) is 12.1 Å². The number of carboxylic acid groups (broad SMARTS) is 1. The predicted molar refractivity (Wildman–Crippen MR) is 67.8 cm³/mol. The van der Waals surface area contributed by atoms with Gasteiger partial charge in [-0.25, -0.2) is 0 Å². The Labute approximate surface area is 104 Å². The van der Waals surface area contributed by atoms with E-state index < -0.39 is 12.0 Å². The lowest BCUT2D eigenvalue weighted by Crippen LogP contribution is -2.22. The Morgan fingerprint density at radius 3 is 2.83 bits per heavy atom. The third-order valence-corrected chi connectivity index (χ3v) is 2.36. The van der Waals surface area contributed by atoms with Gasteiger partial charge in [0.15, 0.2) is 0 Å². The first-order valence-electron chi connectivity index (χ1n) is 5.41. The molecule has 0 bridgehead atoms. The summed E-state index contributed by atoms with van der Waals surface area (Å²) in [6.07, 6.45) is 0.801. The normalized spacial score (nSPS) is 11.6. The maximum atomic E-state index is 10.8. The predicted octanol–water partition coefficient (Wildman–Crippen LogP) is 0.815. The van der Waals surface area contributed by atoms with E-state index in [9.17, 15) is 9.59 Å². The molecule has 1 rings (SSSR count). The lowest BCUT2D eigenvalue weighted by molar-refractivity contribution is -0.137. The molecule has 18 heavy (non-hydrogen) atoms. The molecular formula is C12H15N3O3. The molecule has 0 aliphatic carbocycles.